The molecule has 0 aliphatic carbocycles. The number of aromatic nitrogens is 2. The number of carbonyl (C=O) groups excluding carboxylic acids is 1. The highest BCUT2D eigenvalue weighted by atomic mass is 35.5. The van der Waals surface area contributed by atoms with Gasteiger partial charge in [-0.25, -0.2) is 9.97 Å². The number of halogens is 7. The van der Waals surface area contributed by atoms with E-state index in [2.05, 4.69) is 14.7 Å². The number of anilines is 1. The molecular formula is C13H6ClF6N3O2. The lowest BCUT2D eigenvalue weighted by atomic mass is 10.2. The molecule has 0 saturated carbocycles. The predicted octanol–water partition coefficient (Wildman–Crippen LogP) is 4.30. The normalized spacial score (nSPS) is 12.0. The third kappa shape index (κ3) is 5.21. The standard InChI is InChI=1S/C13H6ClF6N3O2/c14-11-21-5-8(9(23-11)12(15,16)17)10(24)22-6-2-1-3-7(4-6)25-13(18,19)20/h1-5H,(H,22,24). The lowest BCUT2D eigenvalue weighted by Gasteiger charge is -2.13. The van der Waals surface area contributed by atoms with Crippen LogP contribution in [0.4, 0.5) is 32.0 Å². The van der Waals surface area contributed by atoms with Gasteiger partial charge in [0.1, 0.15) is 5.75 Å². The summed E-state index contributed by atoms with van der Waals surface area (Å²) in [7, 11) is 0. The Kier molecular flexibility index (Phi) is 5.07. The third-order valence-corrected chi connectivity index (χ3v) is 2.78. The Labute approximate surface area is 140 Å². The molecule has 0 unspecified atom stereocenters. The van der Waals surface area contributed by atoms with Gasteiger partial charge in [0, 0.05) is 18.0 Å². The van der Waals surface area contributed by atoms with Gasteiger partial charge in [-0.3, -0.25) is 4.79 Å². The van der Waals surface area contributed by atoms with Gasteiger partial charge in [-0.2, -0.15) is 13.2 Å². The van der Waals surface area contributed by atoms with E-state index in [1.807, 2.05) is 5.32 Å². The molecule has 1 aromatic heterocycles. The number of hydrogen-bond acceptors (Lipinski definition) is 4. The molecule has 1 N–H and O–H groups in total. The molecule has 2 rings (SSSR count). The molecule has 134 valence electrons. The Morgan fingerprint density at radius 2 is 1.84 bits per heavy atom. The van der Waals surface area contributed by atoms with Crippen molar-refractivity contribution in [1.29, 1.82) is 0 Å². The second-order valence-electron chi connectivity index (χ2n) is 4.43. The van der Waals surface area contributed by atoms with Gasteiger partial charge in [0.25, 0.3) is 5.91 Å². The first-order chi connectivity index (χ1) is 11.5. The van der Waals surface area contributed by atoms with Gasteiger partial charge >= 0.3 is 12.5 Å². The van der Waals surface area contributed by atoms with Gasteiger partial charge < -0.3 is 10.1 Å². The maximum Gasteiger partial charge on any atom is 0.573 e. The van der Waals surface area contributed by atoms with E-state index in [4.69, 9.17) is 11.6 Å². The fourth-order valence-corrected chi connectivity index (χ4v) is 1.85. The summed E-state index contributed by atoms with van der Waals surface area (Å²) in [6.45, 7) is 0. The van der Waals surface area contributed by atoms with Crippen LogP contribution in [0.25, 0.3) is 0 Å². The number of amides is 1. The fourth-order valence-electron chi connectivity index (χ4n) is 1.71. The van der Waals surface area contributed by atoms with Crippen LogP contribution in [0.5, 0.6) is 5.75 Å². The van der Waals surface area contributed by atoms with Crippen LogP contribution < -0.4 is 10.1 Å². The van der Waals surface area contributed by atoms with Crippen molar-refractivity contribution >= 4 is 23.2 Å². The number of benzene rings is 1. The lowest BCUT2D eigenvalue weighted by Crippen LogP contribution is -2.21. The molecule has 0 aliphatic rings. The van der Waals surface area contributed by atoms with Gasteiger partial charge in [-0.1, -0.05) is 6.07 Å². The molecule has 0 aliphatic heterocycles. The molecule has 0 bridgehead atoms. The first-order valence-electron chi connectivity index (χ1n) is 6.22. The molecule has 12 heteroatoms. The molecule has 0 radical (unpaired) electrons. The summed E-state index contributed by atoms with van der Waals surface area (Å²) in [4.78, 5) is 18.3. The molecule has 5 nitrogen and oxygen atoms in total. The number of alkyl halides is 6. The van der Waals surface area contributed by atoms with E-state index < -0.39 is 40.7 Å². The Balaban J connectivity index is 2.28. The largest absolute Gasteiger partial charge is 0.573 e. The Bertz CT molecular complexity index is 794. The predicted molar refractivity (Wildman–Crippen MR) is 73.1 cm³/mol. The highest BCUT2D eigenvalue weighted by molar-refractivity contribution is 6.28. The summed E-state index contributed by atoms with van der Waals surface area (Å²) in [6, 6.07) is 4.01. The SMILES string of the molecule is O=C(Nc1cccc(OC(F)(F)F)c1)c1cnc(Cl)nc1C(F)(F)F. The maximum atomic E-state index is 12.9. The first-order valence-corrected chi connectivity index (χ1v) is 6.60. The molecule has 0 saturated heterocycles. The van der Waals surface area contributed by atoms with Crippen LogP contribution >= 0.6 is 11.6 Å². The van der Waals surface area contributed by atoms with Crippen molar-refractivity contribution in [3.63, 3.8) is 0 Å². The van der Waals surface area contributed by atoms with Crippen molar-refractivity contribution in [1.82, 2.24) is 9.97 Å². The average molecular weight is 386 g/mol. The zero-order valence-corrected chi connectivity index (χ0v) is 12.5. The van der Waals surface area contributed by atoms with E-state index in [0.29, 0.717) is 6.20 Å². The fraction of sp³-hybridized carbons (Fsp3) is 0.154. The first kappa shape index (κ1) is 18.8. The van der Waals surface area contributed by atoms with E-state index in [0.717, 1.165) is 24.3 Å². The van der Waals surface area contributed by atoms with Gasteiger partial charge in [-0.15, -0.1) is 13.2 Å². The maximum absolute atomic E-state index is 12.9. The molecule has 1 amide bonds. The molecule has 1 heterocycles. The summed E-state index contributed by atoms with van der Waals surface area (Å²) < 4.78 is 78.8. The van der Waals surface area contributed by atoms with Gasteiger partial charge in [0.2, 0.25) is 5.28 Å². The van der Waals surface area contributed by atoms with Crippen molar-refractivity contribution < 1.29 is 35.9 Å². The van der Waals surface area contributed by atoms with E-state index in [1.54, 1.807) is 0 Å². The molecule has 0 fully saturated rings. The smallest absolute Gasteiger partial charge is 0.406 e. The molecule has 25 heavy (non-hydrogen) atoms. The van der Waals surface area contributed by atoms with Crippen molar-refractivity contribution in [3.8, 4) is 5.75 Å². The van der Waals surface area contributed by atoms with Crippen LogP contribution in [0.2, 0.25) is 5.28 Å². The highest BCUT2D eigenvalue weighted by Gasteiger charge is 2.38. The molecule has 0 spiro atoms. The van der Waals surface area contributed by atoms with Crippen LogP contribution in [0.1, 0.15) is 16.1 Å². The molecule has 0 atom stereocenters. The summed E-state index contributed by atoms with van der Waals surface area (Å²) in [5, 5.41) is 1.29. The Morgan fingerprint density at radius 3 is 2.44 bits per heavy atom. The van der Waals surface area contributed by atoms with Crippen LogP contribution in [0, 0.1) is 0 Å². The van der Waals surface area contributed by atoms with Gasteiger partial charge in [-0.05, 0) is 23.7 Å². The summed E-state index contributed by atoms with van der Waals surface area (Å²) in [5.74, 6) is -1.94. The Hall–Kier alpha value is -2.56. The number of rotatable bonds is 3. The summed E-state index contributed by atoms with van der Waals surface area (Å²) in [6.07, 6.45) is -9.39. The Morgan fingerprint density at radius 1 is 1.16 bits per heavy atom. The average Bonchev–Trinajstić information content (AvgIpc) is 2.44. The second-order valence-corrected chi connectivity index (χ2v) is 4.77. The lowest BCUT2D eigenvalue weighted by molar-refractivity contribution is -0.274. The summed E-state index contributed by atoms with van der Waals surface area (Å²) in [5.41, 5.74) is -2.75. The molecular weight excluding hydrogens is 380 g/mol. The number of carbonyl (C=O) groups is 1. The van der Waals surface area contributed by atoms with Crippen molar-refractivity contribution in [2.24, 2.45) is 0 Å². The van der Waals surface area contributed by atoms with Crippen LogP contribution in [0.15, 0.2) is 30.5 Å². The minimum Gasteiger partial charge on any atom is -0.406 e. The van der Waals surface area contributed by atoms with Gasteiger partial charge in [0.15, 0.2) is 5.69 Å². The van der Waals surface area contributed by atoms with E-state index in [9.17, 15) is 31.1 Å². The van der Waals surface area contributed by atoms with Crippen molar-refractivity contribution in [2.45, 2.75) is 12.5 Å². The monoisotopic (exact) mass is 385 g/mol. The van der Waals surface area contributed by atoms with Crippen molar-refractivity contribution in [2.75, 3.05) is 5.32 Å². The minimum absolute atomic E-state index is 0.227. The molecule has 1 aromatic carbocycles. The van der Waals surface area contributed by atoms with E-state index in [1.165, 1.54) is 0 Å². The molecule has 2 aromatic rings. The quantitative estimate of drug-likeness (QED) is 0.632. The van der Waals surface area contributed by atoms with Crippen LogP contribution in [-0.4, -0.2) is 22.2 Å². The zero-order chi connectivity index (χ0) is 18.8. The number of hydrogen-bond donors (Lipinski definition) is 1. The third-order valence-electron chi connectivity index (χ3n) is 2.60. The van der Waals surface area contributed by atoms with Crippen LogP contribution in [0.3, 0.4) is 0 Å². The highest BCUT2D eigenvalue weighted by Crippen LogP contribution is 2.31. The summed E-state index contributed by atoms with van der Waals surface area (Å²) >= 11 is 5.29. The topological polar surface area (TPSA) is 64.1 Å². The van der Waals surface area contributed by atoms with Gasteiger partial charge in [0.05, 0.1) is 5.56 Å². The zero-order valence-electron chi connectivity index (χ0n) is 11.7. The van der Waals surface area contributed by atoms with E-state index >= 15 is 0 Å². The minimum atomic E-state index is -4.99. The van der Waals surface area contributed by atoms with E-state index in [-0.39, 0.29) is 5.69 Å². The number of ether oxygens (including phenoxy) is 1. The number of nitrogens with zero attached hydrogens (tertiary/aromatic N) is 2. The van der Waals surface area contributed by atoms with Crippen LogP contribution in [-0.2, 0) is 6.18 Å². The van der Waals surface area contributed by atoms with Crippen molar-refractivity contribution in [3.05, 3.63) is 47.0 Å². The number of nitrogens with one attached hydrogen (secondary N) is 1. The second kappa shape index (κ2) is 6.75.